The molecule has 0 aromatic carbocycles. The van der Waals surface area contributed by atoms with Gasteiger partial charge >= 0.3 is 10.4 Å². The van der Waals surface area contributed by atoms with E-state index in [4.69, 9.17) is 9.47 Å². The van der Waals surface area contributed by atoms with Gasteiger partial charge in [0.1, 0.15) is 30.5 Å². The van der Waals surface area contributed by atoms with E-state index >= 15 is 0 Å². The average molecular weight is 850 g/mol. The van der Waals surface area contributed by atoms with Crippen molar-refractivity contribution in [3.63, 3.8) is 0 Å². The fourth-order valence-electron chi connectivity index (χ4n) is 7.20. The molecule has 1 heterocycles. The van der Waals surface area contributed by atoms with Crippen LogP contribution in [0.4, 0.5) is 0 Å². The van der Waals surface area contributed by atoms with Crippen molar-refractivity contribution in [2.45, 2.75) is 236 Å². The van der Waals surface area contributed by atoms with Gasteiger partial charge in [0.05, 0.1) is 25.4 Å². The van der Waals surface area contributed by atoms with Crippen LogP contribution in [0, 0.1) is 0 Å². The van der Waals surface area contributed by atoms with Gasteiger partial charge in [-0.25, -0.2) is 4.18 Å². The first-order valence-corrected chi connectivity index (χ1v) is 24.2. The van der Waals surface area contributed by atoms with Gasteiger partial charge in [-0.3, -0.25) is 9.35 Å². The molecule has 0 spiro atoms. The zero-order chi connectivity index (χ0) is 42.9. The Morgan fingerprint density at radius 1 is 0.690 bits per heavy atom. The van der Waals surface area contributed by atoms with Crippen LogP contribution in [-0.2, 0) is 28.9 Å². The monoisotopic (exact) mass is 850 g/mol. The summed E-state index contributed by atoms with van der Waals surface area (Å²) in [6.45, 7) is 3.23. The minimum absolute atomic E-state index is 0.248. The molecule has 14 heteroatoms. The molecule has 8 unspecified atom stereocenters. The van der Waals surface area contributed by atoms with E-state index in [-0.39, 0.29) is 6.42 Å². The molecule has 1 saturated heterocycles. The number of carbonyl (C=O) groups is 1. The van der Waals surface area contributed by atoms with Crippen LogP contribution in [-0.4, -0.2) is 107 Å². The third-order valence-corrected chi connectivity index (χ3v) is 11.3. The highest BCUT2D eigenvalue weighted by Gasteiger charge is 2.48. The van der Waals surface area contributed by atoms with E-state index in [1.54, 1.807) is 0 Å². The first-order chi connectivity index (χ1) is 27.9. The lowest BCUT2D eigenvalue weighted by Crippen LogP contribution is -2.61. The Kier molecular flexibility index (Phi) is 33.1. The lowest BCUT2D eigenvalue weighted by atomic mass is 9.99. The molecule has 0 saturated carbocycles. The Morgan fingerprint density at radius 3 is 1.67 bits per heavy atom. The molecule has 8 atom stereocenters. The summed E-state index contributed by atoms with van der Waals surface area (Å²) in [6, 6.07) is -1.04. The summed E-state index contributed by atoms with van der Waals surface area (Å²) in [6.07, 6.45) is 26.4. The second-order valence-electron chi connectivity index (χ2n) is 16.1. The number of amides is 1. The van der Waals surface area contributed by atoms with E-state index in [0.29, 0.717) is 19.3 Å². The Labute approximate surface area is 351 Å². The minimum atomic E-state index is -5.11. The van der Waals surface area contributed by atoms with Crippen LogP contribution in [0.2, 0.25) is 0 Å². The molecule has 1 aliphatic heterocycles. The summed E-state index contributed by atoms with van der Waals surface area (Å²) in [7, 11) is -5.11. The topological polar surface area (TPSA) is 212 Å². The summed E-state index contributed by atoms with van der Waals surface area (Å²) in [5.74, 6) is -0.679. The van der Waals surface area contributed by atoms with E-state index in [2.05, 4.69) is 47.7 Å². The number of hydrogen-bond acceptors (Lipinski definition) is 11. The van der Waals surface area contributed by atoms with Crippen LogP contribution in [0.1, 0.15) is 187 Å². The molecule has 0 aromatic heterocycles. The highest BCUT2D eigenvalue weighted by atomic mass is 32.3. The van der Waals surface area contributed by atoms with Crippen molar-refractivity contribution < 1.29 is 57.0 Å². The predicted octanol–water partition coefficient (Wildman–Crippen LogP) is 7.52. The van der Waals surface area contributed by atoms with E-state index in [1.165, 1.54) is 77.0 Å². The summed E-state index contributed by atoms with van der Waals surface area (Å²) in [5.41, 5.74) is 0. The average Bonchev–Trinajstić information content (AvgIpc) is 3.19. The molecule has 0 bridgehead atoms. The molecule has 58 heavy (non-hydrogen) atoms. The van der Waals surface area contributed by atoms with E-state index in [9.17, 15) is 43.3 Å². The lowest BCUT2D eigenvalue weighted by molar-refractivity contribution is -0.298. The Hall–Kier alpha value is -1.46. The van der Waals surface area contributed by atoms with Crippen LogP contribution >= 0.6 is 0 Å². The molecule has 7 N–H and O–H groups in total. The van der Waals surface area contributed by atoms with E-state index < -0.39 is 78.5 Å². The zero-order valence-electron chi connectivity index (χ0n) is 36.0. The van der Waals surface area contributed by atoms with Gasteiger partial charge in [0.15, 0.2) is 6.29 Å². The highest BCUT2D eigenvalue weighted by Crippen LogP contribution is 2.26. The fourth-order valence-corrected chi connectivity index (χ4v) is 7.71. The summed E-state index contributed by atoms with van der Waals surface area (Å²) in [4.78, 5) is 13.1. The van der Waals surface area contributed by atoms with E-state index in [1.807, 2.05) is 0 Å². The number of carbonyl (C=O) groups excluding carboxylic acids is 1. The van der Waals surface area contributed by atoms with Gasteiger partial charge in [-0.2, -0.15) is 8.42 Å². The van der Waals surface area contributed by atoms with Gasteiger partial charge in [-0.1, -0.05) is 167 Å². The number of rotatable bonds is 38. The number of nitrogens with one attached hydrogen (secondary N) is 1. The molecular weight excluding hydrogens is 767 g/mol. The first kappa shape index (κ1) is 54.6. The van der Waals surface area contributed by atoms with Crippen LogP contribution in [0.15, 0.2) is 24.3 Å². The number of allylic oxidation sites excluding steroid dienone is 4. The van der Waals surface area contributed by atoms with Crippen LogP contribution < -0.4 is 5.32 Å². The lowest BCUT2D eigenvalue weighted by Gasteiger charge is -2.41. The van der Waals surface area contributed by atoms with Crippen molar-refractivity contribution in [2.75, 3.05) is 13.2 Å². The molecule has 1 amide bonds. The van der Waals surface area contributed by atoms with Crippen molar-refractivity contribution in [1.29, 1.82) is 0 Å². The van der Waals surface area contributed by atoms with Gasteiger partial charge in [0.25, 0.3) is 0 Å². The Bertz CT molecular complexity index is 1160. The number of unbranched alkanes of at least 4 members (excludes halogenated alkanes) is 21. The Morgan fingerprint density at radius 2 is 1.16 bits per heavy atom. The number of aliphatic hydroxyl groups is 5. The van der Waals surface area contributed by atoms with Gasteiger partial charge in [-0.05, 0) is 44.9 Å². The summed E-state index contributed by atoms with van der Waals surface area (Å²) in [5, 5.41) is 55.3. The SMILES string of the molecule is CCCCC/C=C\C/C=C\CCCCCCCCC(O)C(=O)NC(COC1OC(CO)C(O)C(OS(=O)(=O)O)C1O)C(O)CCCCCCCCCCCCCCC. The number of aliphatic hydroxyl groups excluding tert-OH is 5. The maximum absolute atomic E-state index is 13.1. The van der Waals surface area contributed by atoms with Crippen molar-refractivity contribution in [3.05, 3.63) is 24.3 Å². The molecule has 1 fully saturated rings. The second kappa shape index (κ2) is 35.2. The summed E-state index contributed by atoms with van der Waals surface area (Å²) < 4.78 is 47.5. The van der Waals surface area contributed by atoms with Gasteiger partial charge < -0.3 is 40.3 Å². The van der Waals surface area contributed by atoms with Crippen LogP contribution in [0.3, 0.4) is 0 Å². The molecule has 1 rings (SSSR count). The van der Waals surface area contributed by atoms with Crippen LogP contribution in [0.5, 0.6) is 0 Å². The van der Waals surface area contributed by atoms with Crippen molar-refractivity contribution in [3.8, 4) is 0 Å². The number of hydrogen-bond donors (Lipinski definition) is 7. The molecule has 13 nitrogen and oxygen atoms in total. The molecule has 0 aliphatic carbocycles. The fraction of sp³-hybridized carbons (Fsp3) is 0.886. The van der Waals surface area contributed by atoms with Crippen molar-refractivity contribution >= 4 is 16.3 Å². The smallest absolute Gasteiger partial charge is 0.394 e. The molecule has 0 aromatic rings. The summed E-state index contributed by atoms with van der Waals surface area (Å²) >= 11 is 0. The maximum atomic E-state index is 13.1. The van der Waals surface area contributed by atoms with Gasteiger partial charge in [-0.15, -0.1) is 0 Å². The molecule has 0 radical (unpaired) electrons. The molecular formula is C44H83NO12S. The van der Waals surface area contributed by atoms with Crippen LogP contribution in [0.25, 0.3) is 0 Å². The quantitative estimate of drug-likeness (QED) is 0.0183. The second-order valence-corrected chi connectivity index (χ2v) is 17.2. The highest BCUT2D eigenvalue weighted by molar-refractivity contribution is 7.80. The number of ether oxygens (including phenoxy) is 2. The van der Waals surface area contributed by atoms with Gasteiger partial charge in [0, 0.05) is 0 Å². The normalized spacial score (nSPS) is 21.8. The largest absolute Gasteiger partial charge is 0.397 e. The predicted molar refractivity (Wildman–Crippen MR) is 228 cm³/mol. The zero-order valence-corrected chi connectivity index (χ0v) is 36.8. The van der Waals surface area contributed by atoms with Crippen molar-refractivity contribution in [1.82, 2.24) is 5.32 Å². The maximum Gasteiger partial charge on any atom is 0.397 e. The first-order valence-electron chi connectivity index (χ1n) is 22.8. The van der Waals surface area contributed by atoms with Crippen molar-refractivity contribution in [2.24, 2.45) is 0 Å². The third-order valence-electron chi connectivity index (χ3n) is 10.9. The van der Waals surface area contributed by atoms with Gasteiger partial charge in [0.2, 0.25) is 5.91 Å². The standard InChI is InChI=1S/C44H83NO12S/c1-3-5-7-9-11-13-15-17-18-19-21-23-25-27-29-31-33-38(48)43(51)45-36(37(47)32-30-28-26-24-22-20-16-14-12-10-8-6-4-2)35-55-44-41(50)42(57-58(52,53)54)40(49)39(34-46)56-44/h11,13,17-18,36-42,44,46-50H,3-10,12,14-16,19-35H2,1-2H3,(H,45,51)(H,52,53,54)/b13-11-,18-17-. The molecule has 1 aliphatic rings. The van der Waals surface area contributed by atoms with E-state index in [0.717, 1.165) is 70.6 Å². The third kappa shape index (κ3) is 27.4. The molecule has 342 valence electrons. The minimum Gasteiger partial charge on any atom is -0.394 e. The Balaban J connectivity index is 2.58.